The molecule has 0 aliphatic carbocycles. The van der Waals surface area contributed by atoms with E-state index in [1.807, 2.05) is 30.3 Å². The standard InChI is InChI=1S/C9H11N5O/c10-8(15)9(13-11)14-12-6-7-4-2-1-3-5-7/h1-5H,6,11H2,(H2,10,15). The van der Waals surface area contributed by atoms with E-state index in [1.54, 1.807) is 0 Å². The summed E-state index contributed by atoms with van der Waals surface area (Å²) in [4.78, 5) is 10.6. The topological polar surface area (TPSA) is 106 Å². The molecule has 1 rings (SSSR count). The van der Waals surface area contributed by atoms with Crippen LogP contribution in [0.5, 0.6) is 0 Å². The number of hydrogen-bond donors (Lipinski definition) is 2. The first-order valence-electron chi connectivity index (χ1n) is 4.23. The first-order valence-corrected chi connectivity index (χ1v) is 4.23. The van der Waals surface area contributed by atoms with Gasteiger partial charge in [-0.05, 0) is 5.56 Å². The molecular formula is C9H11N5O. The van der Waals surface area contributed by atoms with E-state index < -0.39 is 5.91 Å². The maximum atomic E-state index is 10.6. The van der Waals surface area contributed by atoms with E-state index in [1.165, 1.54) is 0 Å². The summed E-state index contributed by atoms with van der Waals surface area (Å²) in [6.07, 6.45) is 0. The fourth-order valence-electron chi connectivity index (χ4n) is 0.906. The molecule has 6 nitrogen and oxygen atoms in total. The molecule has 1 amide bonds. The van der Waals surface area contributed by atoms with E-state index in [2.05, 4.69) is 15.3 Å². The van der Waals surface area contributed by atoms with Crippen molar-refractivity contribution in [2.24, 2.45) is 26.9 Å². The van der Waals surface area contributed by atoms with Gasteiger partial charge in [0.15, 0.2) is 0 Å². The predicted octanol–water partition coefficient (Wildman–Crippen LogP) is 0.396. The van der Waals surface area contributed by atoms with E-state index in [4.69, 9.17) is 11.6 Å². The second-order valence-electron chi connectivity index (χ2n) is 2.70. The summed E-state index contributed by atoms with van der Waals surface area (Å²) >= 11 is 0. The van der Waals surface area contributed by atoms with Gasteiger partial charge in [0, 0.05) is 0 Å². The number of carbonyl (C=O) groups excluding carboxylic acids is 1. The Kier molecular flexibility index (Phi) is 3.96. The van der Waals surface area contributed by atoms with Gasteiger partial charge in [-0.25, -0.2) is 0 Å². The average molecular weight is 205 g/mol. The Labute approximate surface area is 86.7 Å². The minimum atomic E-state index is -0.797. The van der Waals surface area contributed by atoms with Gasteiger partial charge in [0.25, 0.3) is 11.7 Å². The lowest BCUT2D eigenvalue weighted by Gasteiger charge is -1.93. The summed E-state index contributed by atoms with van der Waals surface area (Å²) in [5, 5.41) is 10.4. The number of hydrazone groups is 1. The van der Waals surface area contributed by atoms with Crippen LogP contribution in [0.1, 0.15) is 5.56 Å². The number of azo groups is 1. The van der Waals surface area contributed by atoms with Crippen molar-refractivity contribution in [3.05, 3.63) is 35.9 Å². The van der Waals surface area contributed by atoms with Gasteiger partial charge in [-0.1, -0.05) is 30.3 Å². The molecule has 0 spiro atoms. The molecule has 1 aromatic carbocycles. The van der Waals surface area contributed by atoms with Crippen LogP contribution in [0.2, 0.25) is 0 Å². The molecule has 0 atom stereocenters. The van der Waals surface area contributed by atoms with Crippen LogP contribution in [-0.4, -0.2) is 11.7 Å². The molecule has 4 N–H and O–H groups in total. The highest BCUT2D eigenvalue weighted by molar-refractivity contribution is 6.37. The lowest BCUT2D eigenvalue weighted by Crippen LogP contribution is -2.22. The highest BCUT2D eigenvalue weighted by Gasteiger charge is 2.03. The molecule has 0 saturated carbocycles. The lowest BCUT2D eigenvalue weighted by molar-refractivity contribution is -0.112. The van der Waals surface area contributed by atoms with Crippen LogP contribution in [0, 0.1) is 0 Å². The smallest absolute Gasteiger partial charge is 0.290 e. The Morgan fingerprint density at radius 1 is 1.27 bits per heavy atom. The molecule has 0 unspecified atom stereocenters. The highest BCUT2D eigenvalue weighted by Crippen LogP contribution is 2.00. The lowest BCUT2D eigenvalue weighted by atomic mass is 10.2. The zero-order chi connectivity index (χ0) is 11.1. The summed E-state index contributed by atoms with van der Waals surface area (Å²) in [5.41, 5.74) is 5.90. The van der Waals surface area contributed by atoms with Gasteiger partial charge in [0.1, 0.15) is 0 Å². The number of nitrogens with two attached hydrogens (primary N) is 2. The van der Waals surface area contributed by atoms with Gasteiger partial charge in [-0.2, -0.15) is 10.2 Å². The molecule has 0 fully saturated rings. The Morgan fingerprint density at radius 2 is 1.93 bits per heavy atom. The van der Waals surface area contributed by atoms with E-state index in [0.29, 0.717) is 6.54 Å². The highest BCUT2D eigenvalue weighted by atomic mass is 16.1. The summed E-state index contributed by atoms with van der Waals surface area (Å²) in [6.45, 7) is 0.354. The molecular weight excluding hydrogens is 194 g/mol. The molecule has 0 aromatic heterocycles. The number of benzene rings is 1. The van der Waals surface area contributed by atoms with E-state index >= 15 is 0 Å². The van der Waals surface area contributed by atoms with Crippen molar-refractivity contribution in [3.63, 3.8) is 0 Å². The normalized spacial score (nSPS) is 11.9. The molecule has 15 heavy (non-hydrogen) atoms. The maximum absolute atomic E-state index is 10.6. The minimum absolute atomic E-state index is 0.286. The van der Waals surface area contributed by atoms with Crippen LogP contribution >= 0.6 is 0 Å². The average Bonchev–Trinajstić information content (AvgIpc) is 2.25. The Hall–Kier alpha value is -2.24. The third-order valence-electron chi connectivity index (χ3n) is 1.60. The van der Waals surface area contributed by atoms with Gasteiger partial charge in [0.2, 0.25) is 0 Å². The monoisotopic (exact) mass is 205 g/mol. The quantitative estimate of drug-likeness (QED) is 0.239. The molecule has 0 heterocycles. The van der Waals surface area contributed by atoms with Crippen molar-refractivity contribution in [2.45, 2.75) is 6.54 Å². The van der Waals surface area contributed by atoms with Crippen molar-refractivity contribution in [1.82, 2.24) is 0 Å². The van der Waals surface area contributed by atoms with Crippen molar-refractivity contribution in [1.29, 1.82) is 0 Å². The third-order valence-corrected chi connectivity index (χ3v) is 1.60. The van der Waals surface area contributed by atoms with Gasteiger partial charge >= 0.3 is 0 Å². The van der Waals surface area contributed by atoms with Crippen LogP contribution in [0.15, 0.2) is 45.7 Å². The third kappa shape index (κ3) is 3.55. The fraction of sp³-hybridized carbons (Fsp3) is 0.111. The predicted molar refractivity (Wildman–Crippen MR) is 55.8 cm³/mol. The van der Waals surface area contributed by atoms with Crippen molar-refractivity contribution >= 4 is 11.7 Å². The van der Waals surface area contributed by atoms with Crippen molar-refractivity contribution < 1.29 is 4.79 Å². The largest absolute Gasteiger partial charge is 0.363 e. The Morgan fingerprint density at radius 3 is 2.47 bits per heavy atom. The van der Waals surface area contributed by atoms with Gasteiger partial charge < -0.3 is 11.6 Å². The zero-order valence-electron chi connectivity index (χ0n) is 8.00. The van der Waals surface area contributed by atoms with Crippen molar-refractivity contribution in [3.8, 4) is 0 Å². The molecule has 0 radical (unpaired) electrons. The van der Waals surface area contributed by atoms with Crippen LogP contribution in [0.3, 0.4) is 0 Å². The fourth-order valence-corrected chi connectivity index (χ4v) is 0.906. The summed E-state index contributed by atoms with van der Waals surface area (Å²) in [5.74, 6) is 3.80. The number of amides is 1. The maximum Gasteiger partial charge on any atom is 0.290 e. The van der Waals surface area contributed by atoms with E-state index in [-0.39, 0.29) is 5.84 Å². The number of primary amides is 1. The first-order chi connectivity index (χ1) is 7.24. The number of hydrogen-bond acceptors (Lipinski definition) is 4. The van der Waals surface area contributed by atoms with Crippen LogP contribution < -0.4 is 11.6 Å². The van der Waals surface area contributed by atoms with Gasteiger partial charge in [-0.15, -0.1) is 5.11 Å². The zero-order valence-corrected chi connectivity index (χ0v) is 8.00. The molecule has 6 heteroatoms. The summed E-state index contributed by atoms with van der Waals surface area (Å²) < 4.78 is 0. The van der Waals surface area contributed by atoms with Crippen molar-refractivity contribution in [2.75, 3.05) is 0 Å². The van der Waals surface area contributed by atoms with Crippen LogP contribution in [-0.2, 0) is 11.3 Å². The Balaban J connectivity index is 2.57. The van der Waals surface area contributed by atoms with E-state index in [0.717, 1.165) is 5.56 Å². The molecule has 1 aromatic rings. The molecule has 0 bridgehead atoms. The van der Waals surface area contributed by atoms with Crippen LogP contribution in [0.4, 0.5) is 0 Å². The number of nitrogens with zero attached hydrogens (tertiary/aromatic N) is 3. The van der Waals surface area contributed by atoms with Crippen LogP contribution in [0.25, 0.3) is 0 Å². The minimum Gasteiger partial charge on any atom is -0.363 e. The number of rotatable bonds is 2. The summed E-state index contributed by atoms with van der Waals surface area (Å²) in [7, 11) is 0. The SMILES string of the molecule is NN=C(N=NCc1ccccc1)C(N)=O. The molecule has 0 aliphatic heterocycles. The van der Waals surface area contributed by atoms with E-state index in [9.17, 15) is 4.79 Å². The second-order valence-corrected chi connectivity index (χ2v) is 2.70. The molecule has 0 saturated heterocycles. The van der Waals surface area contributed by atoms with Gasteiger partial charge in [-0.3, -0.25) is 4.79 Å². The number of amidine groups is 1. The second kappa shape index (κ2) is 5.48. The Bertz CT molecular complexity index is 385. The number of carbonyl (C=O) groups is 1. The molecule has 78 valence electrons. The van der Waals surface area contributed by atoms with Gasteiger partial charge in [0.05, 0.1) is 6.54 Å². The summed E-state index contributed by atoms with van der Waals surface area (Å²) in [6, 6.07) is 9.45. The first kappa shape index (κ1) is 10.8. The molecule has 0 aliphatic rings.